The van der Waals surface area contributed by atoms with Crippen molar-refractivity contribution in [2.24, 2.45) is 0 Å². The van der Waals surface area contributed by atoms with Crippen molar-refractivity contribution < 1.29 is 13.9 Å². The van der Waals surface area contributed by atoms with Crippen LogP contribution in [0.2, 0.25) is 0 Å². The Morgan fingerprint density at radius 3 is 2.38 bits per heavy atom. The summed E-state index contributed by atoms with van der Waals surface area (Å²) in [4.78, 5) is 17.1. The molecule has 0 radical (unpaired) electrons. The van der Waals surface area contributed by atoms with Crippen LogP contribution in [0.4, 0.5) is 5.69 Å². The first-order valence-electron chi connectivity index (χ1n) is 9.50. The van der Waals surface area contributed by atoms with E-state index in [2.05, 4.69) is 36.3 Å². The second-order valence-electron chi connectivity index (χ2n) is 7.16. The topological polar surface area (TPSA) is 64.4 Å². The molecule has 0 spiro atoms. The molecule has 4 rings (SSSR count). The molecule has 0 aliphatic carbocycles. The average molecular weight is 386 g/mol. The van der Waals surface area contributed by atoms with Gasteiger partial charge in [0.1, 0.15) is 11.3 Å². The molecule has 4 aromatic rings. The van der Waals surface area contributed by atoms with Gasteiger partial charge in [-0.2, -0.15) is 0 Å². The number of hydrogen-bond acceptors (Lipinski definition) is 4. The molecule has 0 unspecified atom stereocenters. The number of rotatable bonds is 5. The van der Waals surface area contributed by atoms with E-state index in [0.717, 1.165) is 5.56 Å². The SMILES string of the molecule is COc1ccc(C(=O)Nc2ccc3oc(-c4ccc(C(C)C)cc4)nc3c2)cc1. The zero-order valence-corrected chi connectivity index (χ0v) is 16.6. The van der Waals surface area contributed by atoms with Gasteiger partial charge in [-0.15, -0.1) is 0 Å². The van der Waals surface area contributed by atoms with Gasteiger partial charge in [0.25, 0.3) is 5.91 Å². The van der Waals surface area contributed by atoms with Gasteiger partial charge in [0.05, 0.1) is 7.11 Å². The number of nitrogens with one attached hydrogen (secondary N) is 1. The summed E-state index contributed by atoms with van der Waals surface area (Å²) in [7, 11) is 1.59. The fraction of sp³-hybridized carbons (Fsp3) is 0.167. The molecule has 0 saturated heterocycles. The first-order chi connectivity index (χ1) is 14.0. The Bertz CT molecular complexity index is 1140. The van der Waals surface area contributed by atoms with Crippen LogP contribution in [0.1, 0.15) is 35.7 Å². The van der Waals surface area contributed by atoms with Crippen LogP contribution in [0.3, 0.4) is 0 Å². The van der Waals surface area contributed by atoms with Crippen molar-refractivity contribution >= 4 is 22.7 Å². The number of amides is 1. The van der Waals surface area contributed by atoms with Crippen LogP contribution in [-0.2, 0) is 0 Å². The molecule has 1 N–H and O–H groups in total. The molecule has 146 valence electrons. The van der Waals surface area contributed by atoms with Crippen LogP contribution in [0.5, 0.6) is 5.75 Å². The van der Waals surface area contributed by atoms with Crippen molar-refractivity contribution in [2.75, 3.05) is 12.4 Å². The molecule has 29 heavy (non-hydrogen) atoms. The van der Waals surface area contributed by atoms with Gasteiger partial charge in [0.15, 0.2) is 5.58 Å². The lowest BCUT2D eigenvalue weighted by Gasteiger charge is -2.06. The number of nitrogens with zero attached hydrogens (tertiary/aromatic N) is 1. The highest BCUT2D eigenvalue weighted by atomic mass is 16.5. The van der Waals surface area contributed by atoms with E-state index in [-0.39, 0.29) is 5.91 Å². The van der Waals surface area contributed by atoms with E-state index in [1.807, 2.05) is 24.3 Å². The molecule has 5 nitrogen and oxygen atoms in total. The smallest absolute Gasteiger partial charge is 0.255 e. The monoisotopic (exact) mass is 386 g/mol. The van der Waals surface area contributed by atoms with Gasteiger partial charge in [-0.1, -0.05) is 26.0 Å². The third-order valence-electron chi connectivity index (χ3n) is 4.82. The second-order valence-corrected chi connectivity index (χ2v) is 7.16. The maximum Gasteiger partial charge on any atom is 0.255 e. The molecular formula is C24H22N2O3. The van der Waals surface area contributed by atoms with E-state index in [1.54, 1.807) is 37.4 Å². The van der Waals surface area contributed by atoms with Gasteiger partial charge in [-0.05, 0) is 66.1 Å². The molecule has 0 aliphatic rings. The summed E-state index contributed by atoms with van der Waals surface area (Å²) >= 11 is 0. The Morgan fingerprint density at radius 2 is 1.72 bits per heavy atom. The van der Waals surface area contributed by atoms with Gasteiger partial charge in [0, 0.05) is 16.8 Å². The van der Waals surface area contributed by atoms with Crippen molar-refractivity contribution in [3.8, 4) is 17.2 Å². The minimum absolute atomic E-state index is 0.194. The summed E-state index contributed by atoms with van der Waals surface area (Å²) in [5.41, 5.74) is 4.78. The lowest BCUT2D eigenvalue weighted by Crippen LogP contribution is -2.11. The molecule has 1 amide bonds. The van der Waals surface area contributed by atoms with Gasteiger partial charge in [-0.25, -0.2) is 4.98 Å². The van der Waals surface area contributed by atoms with Crippen molar-refractivity contribution in [3.63, 3.8) is 0 Å². The molecule has 0 atom stereocenters. The molecule has 0 fully saturated rings. The standard InChI is InChI=1S/C24H22N2O3/c1-15(2)16-4-6-18(7-5-16)24-26-21-14-19(10-13-22(21)29-24)25-23(27)17-8-11-20(28-3)12-9-17/h4-15H,1-3H3,(H,25,27). The van der Waals surface area contributed by atoms with Crippen LogP contribution < -0.4 is 10.1 Å². The number of methoxy groups -OCH3 is 1. The number of anilines is 1. The Balaban J connectivity index is 1.55. The Kier molecular flexibility index (Phi) is 5.04. The third kappa shape index (κ3) is 3.99. The molecule has 3 aromatic carbocycles. The summed E-state index contributed by atoms with van der Waals surface area (Å²) in [5, 5.41) is 2.90. The Labute approximate surface area is 169 Å². The minimum atomic E-state index is -0.194. The molecule has 0 bridgehead atoms. The highest BCUT2D eigenvalue weighted by molar-refractivity contribution is 6.05. The van der Waals surface area contributed by atoms with Crippen molar-refractivity contribution in [1.82, 2.24) is 4.98 Å². The van der Waals surface area contributed by atoms with Gasteiger partial charge < -0.3 is 14.5 Å². The normalized spacial score (nSPS) is 11.0. The van der Waals surface area contributed by atoms with Crippen LogP contribution in [0.25, 0.3) is 22.6 Å². The number of carbonyl (C=O) groups excluding carboxylic acids is 1. The summed E-state index contributed by atoms with van der Waals surface area (Å²) < 4.78 is 11.0. The summed E-state index contributed by atoms with van der Waals surface area (Å²) in [6.07, 6.45) is 0. The number of benzene rings is 3. The predicted molar refractivity (Wildman–Crippen MR) is 114 cm³/mol. The van der Waals surface area contributed by atoms with Crippen LogP contribution in [0.15, 0.2) is 71.1 Å². The molecule has 5 heteroatoms. The van der Waals surface area contributed by atoms with Crippen LogP contribution in [-0.4, -0.2) is 18.0 Å². The number of ether oxygens (including phenoxy) is 1. The van der Waals surface area contributed by atoms with E-state index >= 15 is 0 Å². The zero-order valence-electron chi connectivity index (χ0n) is 16.6. The highest BCUT2D eigenvalue weighted by Crippen LogP contribution is 2.27. The van der Waals surface area contributed by atoms with E-state index in [0.29, 0.717) is 39.9 Å². The number of hydrogen-bond donors (Lipinski definition) is 1. The van der Waals surface area contributed by atoms with Crippen LogP contribution in [0, 0.1) is 0 Å². The van der Waals surface area contributed by atoms with Gasteiger partial charge in [-0.3, -0.25) is 4.79 Å². The molecular weight excluding hydrogens is 364 g/mol. The fourth-order valence-corrected chi connectivity index (χ4v) is 3.08. The maximum atomic E-state index is 12.5. The van der Waals surface area contributed by atoms with E-state index in [1.165, 1.54) is 5.56 Å². The molecule has 0 saturated carbocycles. The van der Waals surface area contributed by atoms with Crippen molar-refractivity contribution in [3.05, 3.63) is 77.9 Å². The van der Waals surface area contributed by atoms with Crippen molar-refractivity contribution in [2.45, 2.75) is 19.8 Å². The first kappa shape index (κ1) is 18.7. The summed E-state index contributed by atoms with van der Waals surface area (Å²) in [6, 6.07) is 20.6. The largest absolute Gasteiger partial charge is 0.497 e. The summed E-state index contributed by atoms with van der Waals surface area (Å²) in [6.45, 7) is 4.33. The number of oxazole rings is 1. The molecule has 0 aliphatic heterocycles. The lowest BCUT2D eigenvalue weighted by molar-refractivity contribution is 0.102. The van der Waals surface area contributed by atoms with E-state index in [4.69, 9.17) is 9.15 Å². The summed E-state index contributed by atoms with van der Waals surface area (Å²) in [5.74, 6) is 1.55. The predicted octanol–water partition coefficient (Wildman–Crippen LogP) is 5.88. The van der Waals surface area contributed by atoms with E-state index < -0.39 is 0 Å². The quantitative estimate of drug-likeness (QED) is 0.465. The Morgan fingerprint density at radius 1 is 1.00 bits per heavy atom. The zero-order chi connectivity index (χ0) is 20.4. The fourth-order valence-electron chi connectivity index (χ4n) is 3.08. The van der Waals surface area contributed by atoms with Gasteiger partial charge >= 0.3 is 0 Å². The number of fused-ring (bicyclic) bond motifs is 1. The Hall–Kier alpha value is -3.60. The average Bonchev–Trinajstić information content (AvgIpc) is 3.17. The van der Waals surface area contributed by atoms with Crippen molar-refractivity contribution in [1.29, 1.82) is 0 Å². The molecule has 1 heterocycles. The minimum Gasteiger partial charge on any atom is -0.497 e. The number of aromatic nitrogens is 1. The molecule has 1 aromatic heterocycles. The van der Waals surface area contributed by atoms with Gasteiger partial charge in [0.2, 0.25) is 5.89 Å². The first-order valence-corrected chi connectivity index (χ1v) is 9.50. The maximum absolute atomic E-state index is 12.5. The lowest BCUT2D eigenvalue weighted by atomic mass is 10.0. The third-order valence-corrected chi connectivity index (χ3v) is 4.82. The van der Waals surface area contributed by atoms with E-state index in [9.17, 15) is 4.79 Å². The van der Waals surface area contributed by atoms with Crippen LogP contribution >= 0.6 is 0 Å². The highest BCUT2D eigenvalue weighted by Gasteiger charge is 2.11. The second kappa shape index (κ2) is 7.80. The number of carbonyl (C=O) groups is 1.